The van der Waals surface area contributed by atoms with Crippen LogP contribution in [0.15, 0.2) is 65.7 Å². The van der Waals surface area contributed by atoms with Gasteiger partial charge in [-0.15, -0.1) is 0 Å². The van der Waals surface area contributed by atoms with E-state index >= 15 is 0 Å². The molecule has 0 aliphatic carbocycles. The Morgan fingerprint density at radius 2 is 1.79 bits per heavy atom. The van der Waals surface area contributed by atoms with E-state index in [2.05, 4.69) is 20.3 Å². The monoisotopic (exact) mass is 669 g/mol. The molecule has 2 aromatic carbocycles. The molecule has 1 fully saturated rings. The van der Waals surface area contributed by atoms with Crippen molar-refractivity contribution in [2.24, 2.45) is 0 Å². The van der Waals surface area contributed by atoms with Gasteiger partial charge in [-0.05, 0) is 74.6 Å². The largest absolute Gasteiger partial charge is 0.480 e. The van der Waals surface area contributed by atoms with E-state index in [1.165, 1.54) is 12.1 Å². The number of nitrogens with one attached hydrogen (secondary N) is 3. The summed E-state index contributed by atoms with van der Waals surface area (Å²) in [6, 6.07) is 12.9. The van der Waals surface area contributed by atoms with Crippen molar-refractivity contribution in [1.29, 1.82) is 0 Å². The van der Waals surface area contributed by atoms with E-state index in [0.717, 1.165) is 11.1 Å². The predicted molar refractivity (Wildman–Crippen MR) is 173 cm³/mol. The fourth-order valence-corrected chi connectivity index (χ4v) is 7.35. The van der Waals surface area contributed by atoms with E-state index in [0.29, 0.717) is 36.3 Å². The number of hydrogen-bond donors (Lipinski definition) is 4. The number of carbonyl (C=O) groups excluding carboxylic acids is 2. The van der Waals surface area contributed by atoms with Crippen LogP contribution in [0.3, 0.4) is 0 Å². The van der Waals surface area contributed by atoms with Crippen LogP contribution < -0.4 is 15.4 Å². The Kier molecular flexibility index (Phi) is 12.0. The normalized spacial score (nSPS) is 16.9. The average Bonchev–Trinajstić information content (AvgIpc) is 3.43. The molecule has 12 nitrogen and oxygen atoms in total. The Bertz CT molecular complexity index is 1650. The van der Waals surface area contributed by atoms with Crippen molar-refractivity contribution < 1.29 is 37.0 Å². The number of carboxylic acid groups (broad SMARTS) is 1. The van der Waals surface area contributed by atoms with Crippen LogP contribution in [0.4, 0.5) is 10.2 Å². The second kappa shape index (κ2) is 15.9. The molecule has 4 rings (SSSR count). The average molecular weight is 670 g/mol. The number of hydrogen-bond acceptors (Lipinski definition) is 8. The summed E-state index contributed by atoms with van der Waals surface area (Å²) in [6.45, 7) is 4.80. The van der Waals surface area contributed by atoms with Crippen molar-refractivity contribution in [3.8, 4) is 0 Å². The highest BCUT2D eigenvalue weighted by atomic mass is 32.2. The van der Waals surface area contributed by atoms with Gasteiger partial charge in [0.05, 0.1) is 17.0 Å². The van der Waals surface area contributed by atoms with E-state index in [-0.39, 0.29) is 35.6 Å². The molecule has 0 bridgehead atoms. The number of sulfonamides is 1. The van der Waals surface area contributed by atoms with Gasteiger partial charge in [0, 0.05) is 32.3 Å². The maximum absolute atomic E-state index is 13.3. The first-order valence-corrected chi connectivity index (χ1v) is 16.7. The fraction of sp³-hybridized carbons (Fsp3) is 0.394. The topological polar surface area (TPSA) is 167 Å². The van der Waals surface area contributed by atoms with Crippen molar-refractivity contribution in [1.82, 2.24) is 19.9 Å². The number of aryl methyl sites for hydroxylation is 4. The number of likely N-dealkylation sites (tertiary alicyclic amines) is 1. The summed E-state index contributed by atoms with van der Waals surface area (Å²) in [5.41, 5.74) is 2.66. The van der Waals surface area contributed by atoms with Crippen LogP contribution in [-0.4, -0.2) is 85.6 Å². The molecule has 3 aromatic rings. The summed E-state index contributed by atoms with van der Waals surface area (Å²) in [5, 5.41) is 15.3. The molecular formula is C33H40FN5O7S. The third kappa shape index (κ3) is 10.0. The Balaban J connectivity index is 1.33. The van der Waals surface area contributed by atoms with Crippen molar-refractivity contribution in [2.45, 2.75) is 63.1 Å². The van der Waals surface area contributed by atoms with Gasteiger partial charge >= 0.3 is 5.97 Å². The van der Waals surface area contributed by atoms with Gasteiger partial charge in [-0.25, -0.2) is 17.8 Å². The quantitative estimate of drug-likeness (QED) is 0.190. The predicted octanol–water partition coefficient (Wildman–Crippen LogP) is 2.72. The van der Waals surface area contributed by atoms with Gasteiger partial charge in [0.2, 0.25) is 21.8 Å². The minimum Gasteiger partial charge on any atom is -0.480 e. The molecule has 3 atom stereocenters. The first-order valence-electron chi connectivity index (χ1n) is 15.2. The number of halogens is 1. The van der Waals surface area contributed by atoms with Gasteiger partial charge in [-0.2, -0.15) is 4.72 Å². The summed E-state index contributed by atoms with van der Waals surface area (Å²) in [5.74, 6) is -1.91. The third-order valence-corrected chi connectivity index (χ3v) is 9.62. The highest BCUT2D eigenvalue weighted by Crippen LogP contribution is 2.24. The van der Waals surface area contributed by atoms with E-state index < -0.39 is 47.2 Å². The molecule has 47 heavy (non-hydrogen) atoms. The lowest BCUT2D eigenvalue weighted by atomic mass is 10.1. The van der Waals surface area contributed by atoms with E-state index in [1.54, 1.807) is 55.3 Å². The Morgan fingerprint density at radius 3 is 2.43 bits per heavy atom. The lowest BCUT2D eigenvalue weighted by Gasteiger charge is -2.25. The Labute approximate surface area is 273 Å². The van der Waals surface area contributed by atoms with Crippen LogP contribution >= 0.6 is 0 Å². The molecule has 0 radical (unpaired) electrons. The summed E-state index contributed by atoms with van der Waals surface area (Å²) < 4.78 is 47.5. The van der Waals surface area contributed by atoms with Crippen molar-refractivity contribution in [3.05, 3.63) is 88.9 Å². The number of nitrogens with zero attached hydrogens (tertiary/aromatic N) is 2. The van der Waals surface area contributed by atoms with Crippen LogP contribution in [0, 0.1) is 26.6 Å². The number of anilines is 1. The van der Waals surface area contributed by atoms with Crippen LogP contribution in [0.5, 0.6) is 0 Å². The molecule has 1 aliphatic heterocycles. The first-order chi connectivity index (χ1) is 22.3. The van der Waals surface area contributed by atoms with Crippen molar-refractivity contribution >= 4 is 33.6 Å². The minimum atomic E-state index is -4.20. The molecule has 252 valence electrons. The standard InChI is InChI=1S/C33H40FN5O7S/c1-21-14-22(2)32(23(3)15-21)47(44,45)38-28(33(42)43)18-37-30(40)20-46-27-16-26(17-36-29-6-4-5-13-35-29)39(19-27)31(41)12-9-24-7-10-25(34)11-8-24/h4-8,10-11,13-15,26-28,38H,9,12,16-20H2,1-3H3,(H,35,36)(H,37,40)(H,42,43). The number of pyridine rings is 1. The Morgan fingerprint density at radius 1 is 1.09 bits per heavy atom. The number of amides is 2. The molecule has 1 aliphatic rings. The molecule has 1 aromatic heterocycles. The highest BCUT2D eigenvalue weighted by molar-refractivity contribution is 7.89. The molecule has 2 heterocycles. The summed E-state index contributed by atoms with van der Waals surface area (Å²) in [6.07, 6.45) is 2.24. The lowest BCUT2D eigenvalue weighted by Crippen LogP contribution is -2.49. The number of rotatable bonds is 15. The maximum atomic E-state index is 13.3. The number of aromatic nitrogens is 1. The van der Waals surface area contributed by atoms with E-state index in [1.807, 2.05) is 19.1 Å². The second-order valence-corrected chi connectivity index (χ2v) is 13.3. The molecule has 3 unspecified atom stereocenters. The number of aliphatic carboxylic acids is 1. The smallest absolute Gasteiger partial charge is 0.323 e. The van der Waals surface area contributed by atoms with Gasteiger partial charge in [0.25, 0.3) is 0 Å². The lowest BCUT2D eigenvalue weighted by molar-refractivity contribution is -0.139. The van der Waals surface area contributed by atoms with E-state index in [4.69, 9.17) is 4.74 Å². The van der Waals surface area contributed by atoms with Gasteiger partial charge in [-0.1, -0.05) is 35.9 Å². The Hall–Kier alpha value is -4.40. The molecule has 0 saturated carbocycles. The van der Waals surface area contributed by atoms with Gasteiger partial charge < -0.3 is 25.4 Å². The van der Waals surface area contributed by atoms with Crippen molar-refractivity contribution in [3.63, 3.8) is 0 Å². The summed E-state index contributed by atoms with van der Waals surface area (Å²) in [7, 11) is -4.20. The number of ether oxygens (including phenoxy) is 1. The molecule has 0 spiro atoms. The van der Waals surface area contributed by atoms with Gasteiger partial charge in [-0.3, -0.25) is 14.4 Å². The van der Waals surface area contributed by atoms with Crippen LogP contribution in [0.1, 0.15) is 35.1 Å². The molecule has 2 amide bonds. The maximum Gasteiger partial charge on any atom is 0.323 e. The zero-order valence-electron chi connectivity index (χ0n) is 26.5. The zero-order chi connectivity index (χ0) is 34.1. The number of benzene rings is 2. The summed E-state index contributed by atoms with van der Waals surface area (Å²) in [4.78, 5) is 43.8. The zero-order valence-corrected chi connectivity index (χ0v) is 27.3. The number of carboxylic acids is 1. The third-order valence-electron chi connectivity index (χ3n) is 7.84. The van der Waals surface area contributed by atoms with Crippen LogP contribution in [0.2, 0.25) is 0 Å². The fourth-order valence-electron chi connectivity index (χ4n) is 5.71. The number of carbonyl (C=O) groups is 3. The minimum absolute atomic E-state index is 0.00546. The molecule has 14 heteroatoms. The van der Waals surface area contributed by atoms with Gasteiger partial charge in [0.1, 0.15) is 24.3 Å². The second-order valence-electron chi connectivity index (χ2n) is 11.6. The molecular weight excluding hydrogens is 629 g/mol. The van der Waals surface area contributed by atoms with E-state index in [9.17, 15) is 32.3 Å². The van der Waals surface area contributed by atoms with Crippen LogP contribution in [0.25, 0.3) is 0 Å². The van der Waals surface area contributed by atoms with Gasteiger partial charge in [0.15, 0.2) is 0 Å². The SMILES string of the molecule is Cc1cc(C)c(S(=O)(=O)NC(CNC(=O)COC2CC(CNc3ccccn3)N(C(=O)CCc3ccc(F)cc3)C2)C(=O)O)c(C)c1. The van der Waals surface area contributed by atoms with Crippen molar-refractivity contribution in [2.75, 3.05) is 31.6 Å². The first kappa shape index (κ1) is 35.5. The highest BCUT2D eigenvalue weighted by Gasteiger charge is 2.36. The molecule has 1 saturated heterocycles. The summed E-state index contributed by atoms with van der Waals surface area (Å²) >= 11 is 0. The molecule has 4 N–H and O–H groups in total. The van der Waals surface area contributed by atoms with Crippen LogP contribution in [-0.2, 0) is 35.6 Å².